The van der Waals surface area contributed by atoms with Gasteiger partial charge in [0.05, 0.1) is 19.6 Å². The topological polar surface area (TPSA) is 68.5 Å². The smallest absolute Gasteiger partial charge is 0.307 e. The molecule has 0 spiro atoms. The molecule has 0 bridgehead atoms. The lowest BCUT2D eigenvalue weighted by atomic mass is 10.1. The van der Waals surface area contributed by atoms with Crippen molar-refractivity contribution in [2.45, 2.75) is 12.5 Å². The first kappa shape index (κ1) is 17.0. The zero-order valence-electron chi connectivity index (χ0n) is 13.6. The first-order valence-corrected chi connectivity index (χ1v) is 8.61. The van der Waals surface area contributed by atoms with Gasteiger partial charge < -0.3 is 14.5 Å². The van der Waals surface area contributed by atoms with Crippen LogP contribution in [0.15, 0.2) is 58.3 Å². The third-order valence-electron chi connectivity index (χ3n) is 3.65. The Labute approximate surface area is 148 Å². The maximum atomic E-state index is 12.2. The number of para-hydroxylation sites is 1. The number of furan rings is 1. The summed E-state index contributed by atoms with van der Waals surface area (Å²) >= 11 is 1.48. The van der Waals surface area contributed by atoms with Gasteiger partial charge in [0.15, 0.2) is 0 Å². The molecular formula is C19H17NO4S. The van der Waals surface area contributed by atoms with E-state index in [4.69, 9.17) is 9.15 Å². The molecule has 0 fully saturated rings. The molecular weight excluding hydrogens is 338 g/mol. The molecule has 0 radical (unpaired) electrons. The fourth-order valence-electron chi connectivity index (χ4n) is 2.42. The molecule has 2 aromatic heterocycles. The third kappa shape index (κ3) is 4.36. The van der Waals surface area contributed by atoms with E-state index in [0.29, 0.717) is 5.76 Å². The molecule has 25 heavy (non-hydrogen) atoms. The van der Waals surface area contributed by atoms with Crippen LogP contribution in [-0.4, -0.2) is 19.0 Å². The van der Waals surface area contributed by atoms with Gasteiger partial charge in [0.25, 0.3) is 0 Å². The summed E-state index contributed by atoms with van der Waals surface area (Å²) in [6.45, 7) is 0. The lowest BCUT2D eigenvalue weighted by Gasteiger charge is -2.15. The Hall–Kier alpha value is -2.86. The van der Waals surface area contributed by atoms with Crippen LogP contribution in [0.25, 0.3) is 17.0 Å². The summed E-state index contributed by atoms with van der Waals surface area (Å²) in [6.07, 6.45) is 3.09. The minimum absolute atomic E-state index is 0.0846. The molecule has 0 saturated carbocycles. The molecule has 3 aromatic rings. The van der Waals surface area contributed by atoms with Crippen molar-refractivity contribution in [3.8, 4) is 0 Å². The summed E-state index contributed by atoms with van der Waals surface area (Å²) in [6, 6.07) is 12.8. The van der Waals surface area contributed by atoms with Gasteiger partial charge in [-0.25, -0.2) is 0 Å². The van der Waals surface area contributed by atoms with Gasteiger partial charge in [-0.05, 0) is 29.7 Å². The molecule has 1 aromatic carbocycles. The Morgan fingerprint density at radius 3 is 2.84 bits per heavy atom. The van der Waals surface area contributed by atoms with Crippen LogP contribution in [0, 0.1) is 0 Å². The predicted octanol–water partition coefficient (Wildman–Crippen LogP) is 3.93. The van der Waals surface area contributed by atoms with Gasteiger partial charge in [-0.1, -0.05) is 24.3 Å². The highest BCUT2D eigenvalue weighted by Crippen LogP contribution is 2.23. The monoisotopic (exact) mass is 355 g/mol. The van der Waals surface area contributed by atoms with Crippen LogP contribution < -0.4 is 5.32 Å². The van der Waals surface area contributed by atoms with E-state index in [1.165, 1.54) is 24.5 Å². The van der Waals surface area contributed by atoms with Gasteiger partial charge in [0.2, 0.25) is 5.91 Å². The number of rotatable bonds is 6. The largest absolute Gasteiger partial charge is 0.469 e. The maximum absolute atomic E-state index is 12.2. The van der Waals surface area contributed by atoms with E-state index >= 15 is 0 Å². The Kier molecular flexibility index (Phi) is 5.30. The van der Waals surface area contributed by atoms with Gasteiger partial charge in [0, 0.05) is 16.3 Å². The van der Waals surface area contributed by atoms with E-state index in [1.807, 2.05) is 47.8 Å². The van der Waals surface area contributed by atoms with Gasteiger partial charge >= 0.3 is 5.97 Å². The highest BCUT2D eigenvalue weighted by atomic mass is 32.1. The molecule has 5 nitrogen and oxygen atoms in total. The fourth-order valence-corrected chi connectivity index (χ4v) is 3.20. The normalized spacial score (nSPS) is 12.4. The SMILES string of the molecule is COC(=O)CC(NC(=O)/C=C/c1cc2ccccc2o1)c1cccs1. The van der Waals surface area contributed by atoms with E-state index in [9.17, 15) is 9.59 Å². The number of benzene rings is 1. The first-order chi connectivity index (χ1) is 12.2. The fraction of sp³-hybridized carbons (Fsp3) is 0.158. The van der Waals surface area contributed by atoms with Crippen molar-refractivity contribution in [3.05, 3.63) is 64.6 Å². The van der Waals surface area contributed by atoms with E-state index in [-0.39, 0.29) is 18.3 Å². The Balaban J connectivity index is 1.69. The van der Waals surface area contributed by atoms with Crippen molar-refractivity contribution in [3.63, 3.8) is 0 Å². The van der Waals surface area contributed by atoms with Crippen molar-refractivity contribution in [1.29, 1.82) is 0 Å². The van der Waals surface area contributed by atoms with E-state index in [0.717, 1.165) is 15.8 Å². The second kappa shape index (κ2) is 7.81. The second-order valence-corrected chi connectivity index (χ2v) is 6.36. The van der Waals surface area contributed by atoms with Crippen LogP contribution in [0.4, 0.5) is 0 Å². The standard InChI is InChI=1S/C19H17NO4S/c1-23-19(22)12-15(17-7-4-10-25-17)20-18(21)9-8-14-11-13-5-2-3-6-16(13)24-14/h2-11,15H,12H2,1H3,(H,20,21)/b9-8+. The van der Waals surface area contributed by atoms with Gasteiger partial charge in [-0.3, -0.25) is 9.59 Å². The highest BCUT2D eigenvalue weighted by Gasteiger charge is 2.18. The highest BCUT2D eigenvalue weighted by molar-refractivity contribution is 7.10. The number of amides is 1. The summed E-state index contributed by atoms with van der Waals surface area (Å²) in [5, 5.41) is 5.71. The molecule has 3 rings (SSSR count). The number of hydrogen-bond acceptors (Lipinski definition) is 5. The molecule has 1 unspecified atom stereocenters. The zero-order chi connectivity index (χ0) is 17.6. The number of carbonyl (C=O) groups excluding carboxylic acids is 2. The van der Waals surface area contributed by atoms with Crippen molar-refractivity contribution < 1.29 is 18.7 Å². The molecule has 1 amide bonds. The molecule has 6 heteroatoms. The number of carbonyl (C=O) groups is 2. The maximum Gasteiger partial charge on any atom is 0.307 e. The molecule has 0 aliphatic heterocycles. The quantitative estimate of drug-likeness (QED) is 0.537. The third-order valence-corrected chi connectivity index (χ3v) is 4.63. The molecule has 0 aliphatic carbocycles. The van der Waals surface area contributed by atoms with Crippen LogP contribution >= 0.6 is 11.3 Å². The van der Waals surface area contributed by atoms with Gasteiger partial charge in [0.1, 0.15) is 11.3 Å². The van der Waals surface area contributed by atoms with Crippen LogP contribution in [0.5, 0.6) is 0 Å². The van der Waals surface area contributed by atoms with E-state index in [1.54, 1.807) is 6.08 Å². The average Bonchev–Trinajstić information content (AvgIpc) is 3.28. The molecule has 1 atom stereocenters. The lowest BCUT2D eigenvalue weighted by Crippen LogP contribution is -2.28. The van der Waals surface area contributed by atoms with Crippen LogP contribution in [0.2, 0.25) is 0 Å². The van der Waals surface area contributed by atoms with Crippen molar-refractivity contribution >= 4 is 40.3 Å². The van der Waals surface area contributed by atoms with Crippen LogP contribution in [0.1, 0.15) is 23.1 Å². The number of ether oxygens (including phenoxy) is 1. The lowest BCUT2D eigenvalue weighted by molar-refractivity contribution is -0.141. The summed E-state index contributed by atoms with van der Waals surface area (Å²) in [7, 11) is 1.33. The summed E-state index contributed by atoms with van der Waals surface area (Å²) in [4.78, 5) is 24.7. The first-order valence-electron chi connectivity index (χ1n) is 7.73. The van der Waals surface area contributed by atoms with Crippen LogP contribution in [-0.2, 0) is 14.3 Å². The molecule has 1 N–H and O–H groups in total. The number of fused-ring (bicyclic) bond motifs is 1. The van der Waals surface area contributed by atoms with Crippen molar-refractivity contribution in [2.75, 3.05) is 7.11 Å². The molecule has 0 aliphatic rings. The second-order valence-electron chi connectivity index (χ2n) is 5.38. The number of hydrogen-bond donors (Lipinski definition) is 1. The Morgan fingerprint density at radius 2 is 2.12 bits per heavy atom. The summed E-state index contributed by atoms with van der Waals surface area (Å²) < 4.78 is 10.3. The minimum atomic E-state index is -0.416. The van der Waals surface area contributed by atoms with Gasteiger partial charge in [-0.15, -0.1) is 11.3 Å². The zero-order valence-corrected chi connectivity index (χ0v) is 14.4. The van der Waals surface area contributed by atoms with Crippen molar-refractivity contribution in [2.24, 2.45) is 0 Å². The number of thiophene rings is 1. The number of esters is 1. The van der Waals surface area contributed by atoms with Crippen molar-refractivity contribution in [1.82, 2.24) is 5.32 Å². The molecule has 2 heterocycles. The number of methoxy groups -OCH3 is 1. The predicted molar refractivity (Wildman–Crippen MR) is 97.1 cm³/mol. The Morgan fingerprint density at radius 1 is 1.28 bits per heavy atom. The molecule has 0 saturated heterocycles. The minimum Gasteiger partial charge on any atom is -0.469 e. The Bertz CT molecular complexity index is 862. The number of nitrogens with one attached hydrogen (secondary N) is 1. The van der Waals surface area contributed by atoms with Crippen LogP contribution in [0.3, 0.4) is 0 Å². The van der Waals surface area contributed by atoms with Gasteiger partial charge in [-0.2, -0.15) is 0 Å². The van der Waals surface area contributed by atoms with E-state index < -0.39 is 6.04 Å². The average molecular weight is 355 g/mol. The molecule has 128 valence electrons. The summed E-state index contributed by atoms with van der Waals surface area (Å²) in [5.41, 5.74) is 0.768. The van der Waals surface area contributed by atoms with E-state index in [2.05, 4.69) is 5.32 Å². The summed E-state index contributed by atoms with van der Waals surface area (Å²) in [5.74, 6) is -0.0836.